The second kappa shape index (κ2) is 5.35. The minimum absolute atomic E-state index is 0.145. The summed E-state index contributed by atoms with van der Waals surface area (Å²) < 4.78 is 4.76. The Labute approximate surface area is 77.2 Å². The molecule has 0 aliphatic heterocycles. The van der Waals surface area contributed by atoms with Crippen LogP contribution in [0.3, 0.4) is 0 Å². The predicted octanol–water partition coefficient (Wildman–Crippen LogP) is 1.22. The number of hydrogen-bond donors (Lipinski definition) is 1. The number of esters is 1. The van der Waals surface area contributed by atoms with Crippen molar-refractivity contribution in [3.8, 4) is 0 Å². The van der Waals surface area contributed by atoms with E-state index in [9.17, 15) is 9.59 Å². The van der Waals surface area contributed by atoms with Gasteiger partial charge >= 0.3 is 11.9 Å². The highest BCUT2D eigenvalue weighted by Crippen LogP contribution is 2.01. The van der Waals surface area contributed by atoms with Crippen LogP contribution in [-0.2, 0) is 14.3 Å². The van der Waals surface area contributed by atoms with Crippen LogP contribution in [0, 0.1) is 5.92 Å². The molecule has 0 heterocycles. The van der Waals surface area contributed by atoms with Gasteiger partial charge < -0.3 is 9.84 Å². The third-order valence-electron chi connectivity index (χ3n) is 1.24. The molecule has 1 N–H and O–H groups in total. The van der Waals surface area contributed by atoms with E-state index in [1.165, 1.54) is 0 Å². The van der Waals surface area contributed by atoms with Crippen LogP contribution < -0.4 is 0 Å². The van der Waals surface area contributed by atoms with Gasteiger partial charge in [0.15, 0.2) is 0 Å². The molecular weight excluding hydrogens is 172 g/mol. The Morgan fingerprint density at radius 3 is 2.38 bits per heavy atom. The molecule has 0 saturated carbocycles. The summed E-state index contributed by atoms with van der Waals surface area (Å²) in [4.78, 5) is 21.2. The molecule has 0 radical (unpaired) electrons. The van der Waals surface area contributed by atoms with Crippen LogP contribution in [0.5, 0.6) is 0 Å². The summed E-state index contributed by atoms with van der Waals surface area (Å²) in [5.41, 5.74) is -0.145. The van der Waals surface area contributed by atoms with Crippen LogP contribution in [0.4, 0.5) is 0 Å². The van der Waals surface area contributed by atoms with Gasteiger partial charge in [0.1, 0.15) is 0 Å². The van der Waals surface area contributed by atoms with Gasteiger partial charge in [-0.05, 0) is 5.92 Å². The Morgan fingerprint density at radius 2 is 2.00 bits per heavy atom. The molecule has 13 heavy (non-hydrogen) atoms. The monoisotopic (exact) mass is 186 g/mol. The fourth-order valence-corrected chi connectivity index (χ4v) is 0.560. The van der Waals surface area contributed by atoms with Crippen molar-refractivity contribution in [1.29, 1.82) is 0 Å². The zero-order valence-corrected chi connectivity index (χ0v) is 7.87. The molecule has 0 aromatic heterocycles. The van der Waals surface area contributed by atoms with E-state index in [1.807, 2.05) is 13.8 Å². The van der Waals surface area contributed by atoms with E-state index in [4.69, 9.17) is 9.84 Å². The highest BCUT2D eigenvalue weighted by atomic mass is 16.5. The van der Waals surface area contributed by atoms with E-state index in [2.05, 4.69) is 6.58 Å². The highest BCUT2D eigenvalue weighted by molar-refractivity contribution is 5.91. The molecule has 0 aromatic rings. The summed E-state index contributed by atoms with van der Waals surface area (Å²) in [6, 6.07) is 0. The van der Waals surface area contributed by atoms with Crippen LogP contribution in [0.15, 0.2) is 12.2 Å². The smallest absolute Gasteiger partial charge is 0.331 e. The lowest BCUT2D eigenvalue weighted by Crippen LogP contribution is -2.12. The first-order chi connectivity index (χ1) is 5.93. The standard InChI is InChI=1S/C9H14O4/c1-6(2)5-13-8(10)4-7(3)9(11)12/h6H,3-5H2,1-2H3,(H,11,12). The maximum Gasteiger partial charge on any atom is 0.331 e. The SMILES string of the molecule is C=C(CC(=O)OCC(C)C)C(=O)O. The summed E-state index contributed by atoms with van der Waals surface area (Å²) in [5, 5.41) is 8.40. The van der Waals surface area contributed by atoms with E-state index in [1.54, 1.807) is 0 Å². The topological polar surface area (TPSA) is 63.6 Å². The fraction of sp³-hybridized carbons (Fsp3) is 0.556. The van der Waals surface area contributed by atoms with Crippen LogP contribution in [-0.4, -0.2) is 23.7 Å². The van der Waals surface area contributed by atoms with E-state index in [-0.39, 0.29) is 17.9 Å². The molecule has 4 heteroatoms. The van der Waals surface area contributed by atoms with Crippen LogP contribution in [0.1, 0.15) is 20.3 Å². The summed E-state index contributed by atoms with van der Waals surface area (Å²) >= 11 is 0. The summed E-state index contributed by atoms with van der Waals surface area (Å²) in [7, 11) is 0. The van der Waals surface area contributed by atoms with Crippen LogP contribution in [0.2, 0.25) is 0 Å². The maximum absolute atomic E-state index is 10.9. The van der Waals surface area contributed by atoms with Crippen molar-refractivity contribution in [3.63, 3.8) is 0 Å². The van der Waals surface area contributed by atoms with Gasteiger partial charge in [-0.1, -0.05) is 20.4 Å². The molecule has 0 spiro atoms. The lowest BCUT2D eigenvalue weighted by atomic mass is 10.2. The Morgan fingerprint density at radius 1 is 1.46 bits per heavy atom. The summed E-state index contributed by atoms with van der Waals surface area (Å²) in [6.07, 6.45) is -0.248. The number of hydrogen-bond acceptors (Lipinski definition) is 3. The zero-order chi connectivity index (χ0) is 10.4. The first kappa shape index (κ1) is 11.7. The number of ether oxygens (including phenoxy) is 1. The van der Waals surface area contributed by atoms with Crippen molar-refractivity contribution >= 4 is 11.9 Å². The van der Waals surface area contributed by atoms with Gasteiger partial charge in [-0.15, -0.1) is 0 Å². The molecule has 0 fully saturated rings. The number of carbonyl (C=O) groups is 2. The number of rotatable bonds is 5. The average molecular weight is 186 g/mol. The number of carbonyl (C=O) groups excluding carboxylic acids is 1. The molecule has 0 aliphatic rings. The van der Waals surface area contributed by atoms with Gasteiger partial charge in [0.2, 0.25) is 0 Å². The maximum atomic E-state index is 10.9. The molecule has 0 bridgehead atoms. The molecule has 0 aliphatic carbocycles. The van der Waals surface area contributed by atoms with Gasteiger partial charge in [-0.3, -0.25) is 4.79 Å². The molecule has 0 unspecified atom stereocenters. The zero-order valence-electron chi connectivity index (χ0n) is 7.87. The van der Waals surface area contributed by atoms with Gasteiger partial charge in [-0.25, -0.2) is 4.79 Å². The van der Waals surface area contributed by atoms with Crippen LogP contribution in [0.25, 0.3) is 0 Å². The quantitative estimate of drug-likeness (QED) is 0.518. The lowest BCUT2D eigenvalue weighted by molar-refractivity contribution is -0.145. The molecular formula is C9H14O4. The molecule has 0 rings (SSSR count). The minimum atomic E-state index is -1.17. The Kier molecular flexibility index (Phi) is 4.80. The van der Waals surface area contributed by atoms with Gasteiger partial charge in [0.25, 0.3) is 0 Å². The summed E-state index contributed by atoms with van der Waals surface area (Å²) in [5.74, 6) is -1.45. The summed E-state index contributed by atoms with van der Waals surface area (Å²) in [6.45, 7) is 7.34. The minimum Gasteiger partial charge on any atom is -0.478 e. The molecule has 4 nitrogen and oxygen atoms in total. The van der Waals surface area contributed by atoms with Gasteiger partial charge in [0.05, 0.1) is 13.0 Å². The molecule has 0 aromatic carbocycles. The number of carboxylic acids is 1. The van der Waals surface area contributed by atoms with E-state index < -0.39 is 11.9 Å². The molecule has 74 valence electrons. The molecule has 0 saturated heterocycles. The normalized spacial score (nSPS) is 9.77. The van der Waals surface area contributed by atoms with Crippen molar-refractivity contribution in [2.75, 3.05) is 6.61 Å². The van der Waals surface area contributed by atoms with E-state index >= 15 is 0 Å². The lowest BCUT2D eigenvalue weighted by Gasteiger charge is -2.06. The molecule has 0 atom stereocenters. The largest absolute Gasteiger partial charge is 0.478 e. The fourth-order valence-electron chi connectivity index (χ4n) is 0.560. The Balaban J connectivity index is 3.75. The van der Waals surface area contributed by atoms with Crippen molar-refractivity contribution in [3.05, 3.63) is 12.2 Å². The third kappa shape index (κ3) is 5.90. The number of aliphatic carboxylic acids is 1. The Bertz CT molecular complexity index is 218. The highest BCUT2D eigenvalue weighted by Gasteiger charge is 2.11. The van der Waals surface area contributed by atoms with Crippen molar-refractivity contribution in [2.24, 2.45) is 5.92 Å². The van der Waals surface area contributed by atoms with Gasteiger partial charge in [-0.2, -0.15) is 0 Å². The van der Waals surface area contributed by atoms with Crippen molar-refractivity contribution in [2.45, 2.75) is 20.3 Å². The van der Waals surface area contributed by atoms with Crippen molar-refractivity contribution in [1.82, 2.24) is 0 Å². The Hall–Kier alpha value is -1.32. The van der Waals surface area contributed by atoms with Crippen LogP contribution >= 0.6 is 0 Å². The van der Waals surface area contributed by atoms with E-state index in [0.717, 1.165) is 0 Å². The van der Waals surface area contributed by atoms with Gasteiger partial charge in [0, 0.05) is 5.57 Å². The first-order valence-corrected chi connectivity index (χ1v) is 4.00. The van der Waals surface area contributed by atoms with Crippen molar-refractivity contribution < 1.29 is 19.4 Å². The number of carboxylic acid groups (broad SMARTS) is 1. The van der Waals surface area contributed by atoms with E-state index in [0.29, 0.717) is 6.61 Å². The second-order valence-corrected chi connectivity index (χ2v) is 3.16. The molecule has 0 amide bonds. The average Bonchev–Trinajstić information content (AvgIpc) is 2.00. The predicted molar refractivity (Wildman–Crippen MR) is 47.2 cm³/mol. The second-order valence-electron chi connectivity index (χ2n) is 3.16. The third-order valence-corrected chi connectivity index (χ3v) is 1.24. The first-order valence-electron chi connectivity index (χ1n) is 4.00.